The van der Waals surface area contributed by atoms with Crippen LogP contribution in [0.3, 0.4) is 0 Å². The Balaban J connectivity index is 2.41. The number of esters is 1. The number of amides is 1. The highest BCUT2D eigenvalue weighted by Gasteiger charge is 2.12. The van der Waals surface area contributed by atoms with Crippen molar-refractivity contribution >= 4 is 27.8 Å². The van der Waals surface area contributed by atoms with Gasteiger partial charge in [-0.15, -0.1) is 0 Å². The van der Waals surface area contributed by atoms with Crippen molar-refractivity contribution in [3.8, 4) is 0 Å². The quantitative estimate of drug-likeness (QED) is 0.806. The summed E-state index contributed by atoms with van der Waals surface area (Å²) in [7, 11) is 1.30. The molecule has 6 heteroatoms. The summed E-state index contributed by atoms with van der Waals surface area (Å²) < 4.78 is 18.7. The molecule has 0 aliphatic heterocycles. The van der Waals surface area contributed by atoms with Gasteiger partial charge in [-0.05, 0) is 31.0 Å². The third-order valence-electron chi connectivity index (χ3n) is 2.74. The van der Waals surface area contributed by atoms with Crippen LogP contribution < -0.4 is 5.32 Å². The number of ether oxygens (including phenoxy) is 1. The molecular formula is C14H17BrFNO3. The van der Waals surface area contributed by atoms with E-state index in [2.05, 4.69) is 26.0 Å². The molecule has 4 nitrogen and oxygen atoms in total. The van der Waals surface area contributed by atoms with Crippen LogP contribution in [0.15, 0.2) is 22.7 Å². The molecule has 0 saturated carbocycles. The van der Waals surface area contributed by atoms with Crippen LogP contribution in [-0.4, -0.2) is 25.0 Å². The highest BCUT2D eigenvalue weighted by molar-refractivity contribution is 9.10. The molecule has 0 aliphatic rings. The minimum absolute atomic E-state index is 0.120. The summed E-state index contributed by atoms with van der Waals surface area (Å²) in [6.07, 6.45) is 0.606. The fourth-order valence-electron chi connectivity index (χ4n) is 1.70. The van der Waals surface area contributed by atoms with Gasteiger partial charge in [0.25, 0.3) is 0 Å². The maximum atomic E-state index is 13.6. The third-order valence-corrected chi connectivity index (χ3v) is 3.24. The van der Waals surface area contributed by atoms with E-state index in [9.17, 15) is 14.0 Å². The van der Waals surface area contributed by atoms with Gasteiger partial charge in [-0.1, -0.05) is 22.0 Å². The number of halogens is 2. The van der Waals surface area contributed by atoms with E-state index < -0.39 is 0 Å². The first-order valence-electron chi connectivity index (χ1n) is 6.22. The van der Waals surface area contributed by atoms with Gasteiger partial charge in [-0.2, -0.15) is 0 Å². The van der Waals surface area contributed by atoms with Gasteiger partial charge in [0.15, 0.2) is 0 Å². The molecule has 0 fully saturated rings. The van der Waals surface area contributed by atoms with Crippen molar-refractivity contribution in [1.82, 2.24) is 5.32 Å². The molecule has 0 saturated heterocycles. The number of hydrogen-bond acceptors (Lipinski definition) is 3. The second-order valence-corrected chi connectivity index (χ2v) is 5.40. The lowest BCUT2D eigenvalue weighted by molar-refractivity contribution is -0.141. The zero-order valence-corrected chi connectivity index (χ0v) is 13.0. The highest BCUT2D eigenvalue weighted by Crippen LogP contribution is 2.16. The molecule has 0 aliphatic carbocycles. The Hall–Kier alpha value is -1.43. The number of methoxy groups -OCH3 is 1. The number of carbonyl (C=O) groups excluding carboxylic acids is 2. The zero-order valence-electron chi connectivity index (χ0n) is 11.4. The summed E-state index contributed by atoms with van der Waals surface area (Å²) in [5, 5.41) is 2.67. The van der Waals surface area contributed by atoms with Crippen molar-refractivity contribution in [2.45, 2.75) is 32.2 Å². The molecule has 1 N–H and O–H groups in total. The Labute approximate surface area is 125 Å². The molecule has 1 amide bonds. The number of benzene rings is 1. The minimum atomic E-state index is -0.378. The standard InChI is InChI=1S/C14H17BrFNO3/c1-9(7-14(19)20-2)17-13(18)6-4-10-3-5-11(15)8-12(10)16/h3,5,8-9H,4,6-7H2,1-2H3,(H,17,18)/t9-/m0/s1. The average Bonchev–Trinajstić information content (AvgIpc) is 2.37. The van der Waals surface area contributed by atoms with E-state index >= 15 is 0 Å². The molecule has 0 heterocycles. The highest BCUT2D eigenvalue weighted by atomic mass is 79.9. The summed E-state index contributed by atoms with van der Waals surface area (Å²) in [5.41, 5.74) is 0.490. The maximum Gasteiger partial charge on any atom is 0.307 e. The van der Waals surface area contributed by atoms with Crippen molar-refractivity contribution in [2.24, 2.45) is 0 Å². The van der Waals surface area contributed by atoms with Gasteiger partial charge in [-0.3, -0.25) is 9.59 Å². The summed E-state index contributed by atoms with van der Waals surface area (Å²) in [6.45, 7) is 1.72. The zero-order chi connectivity index (χ0) is 15.1. The summed E-state index contributed by atoms with van der Waals surface area (Å²) in [5.74, 6) is -0.935. The van der Waals surface area contributed by atoms with Crippen molar-refractivity contribution in [1.29, 1.82) is 0 Å². The van der Waals surface area contributed by atoms with Crippen molar-refractivity contribution < 1.29 is 18.7 Å². The number of aryl methyl sites for hydroxylation is 1. The molecule has 1 atom stereocenters. The summed E-state index contributed by atoms with van der Waals surface area (Å²) >= 11 is 3.18. The van der Waals surface area contributed by atoms with E-state index in [-0.39, 0.29) is 36.6 Å². The molecule has 0 radical (unpaired) electrons. The monoisotopic (exact) mass is 345 g/mol. The molecule has 0 aromatic heterocycles. The van der Waals surface area contributed by atoms with Gasteiger partial charge >= 0.3 is 5.97 Å². The van der Waals surface area contributed by atoms with Crippen molar-refractivity contribution in [2.75, 3.05) is 7.11 Å². The molecule has 1 aromatic rings. The lowest BCUT2D eigenvalue weighted by Crippen LogP contribution is -2.34. The summed E-state index contributed by atoms with van der Waals surface area (Å²) in [4.78, 5) is 22.7. The van der Waals surface area contributed by atoms with Gasteiger partial charge in [0.1, 0.15) is 5.82 Å². The van der Waals surface area contributed by atoms with E-state index in [1.807, 2.05) is 0 Å². The maximum absolute atomic E-state index is 13.6. The lowest BCUT2D eigenvalue weighted by Gasteiger charge is -2.12. The average molecular weight is 346 g/mol. The molecule has 1 rings (SSSR count). The van der Waals surface area contributed by atoms with Gasteiger partial charge in [0.2, 0.25) is 5.91 Å². The van der Waals surface area contributed by atoms with Crippen LogP contribution in [0, 0.1) is 5.82 Å². The normalized spacial score (nSPS) is 11.8. The fraction of sp³-hybridized carbons (Fsp3) is 0.429. The van der Waals surface area contributed by atoms with E-state index in [1.165, 1.54) is 13.2 Å². The SMILES string of the molecule is COC(=O)C[C@H](C)NC(=O)CCc1ccc(Br)cc1F. The second-order valence-electron chi connectivity index (χ2n) is 4.48. The van der Waals surface area contributed by atoms with Crippen LogP contribution in [0.1, 0.15) is 25.3 Å². The fourth-order valence-corrected chi connectivity index (χ4v) is 2.04. The molecule has 0 spiro atoms. The predicted octanol–water partition coefficient (Wildman–Crippen LogP) is 2.59. The minimum Gasteiger partial charge on any atom is -0.469 e. The Bertz CT molecular complexity index is 493. The van der Waals surface area contributed by atoms with Gasteiger partial charge < -0.3 is 10.1 Å². The Kier molecular flexibility index (Phi) is 6.64. The number of rotatable bonds is 6. The van der Waals surface area contributed by atoms with Crippen molar-refractivity contribution in [3.05, 3.63) is 34.1 Å². The van der Waals surface area contributed by atoms with E-state index in [0.717, 1.165) is 0 Å². The van der Waals surface area contributed by atoms with Gasteiger partial charge in [0.05, 0.1) is 13.5 Å². The first-order valence-corrected chi connectivity index (χ1v) is 7.01. The molecule has 0 bridgehead atoms. The van der Waals surface area contributed by atoms with Gasteiger partial charge in [-0.25, -0.2) is 4.39 Å². The van der Waals surface area contributed by atoms with E-state index in [4.69, 9.17) is 0 Å². The number of hydrogen-bond donors (Lipinski definition) is 1. The van der Waals surface area contributed by atoms with Crippen LogP contribution in [0.4, 0.5) is 4.39 Å². The molecule has 110 valence electrons. The number of carbonyl (C=O) groups is 2. The van der Waals surface area contributed by atoms with E-state index in [1.54, 1.807) is 19.1 Å². The molecular weight excluding hydrogens is 329 g/mol. The van der Waals surface area contributed by atoms with Gasteiger partial charge in [0, 0.05) is 16.9 Å². The number of nitrogens with one attached hydrogen (secondary N) is 1. The second kappa shape index (κ2) is 7.99. The van der Waals surface area contributed by atoms with Crippen LogP contribution in [0.2, 0.25) is 0 Å². The van der Waals surface area contributed by atoms with Crippen LogP contribution in [0.5, 0.6) is 0 Å². The molecule has 1 aromatic carbocycles. The van der Waals surface area contributed by atoms with Crippen molar-refractivity contribution in [3.63, 3.8) is 0 Å². The topological polar surface area (TPSA) is 55.4 Å². The smallest absolute Gasteiger partial charge is 0.307 e. The Morgan fingerprint density at radius 3 is 2.75 bits per heavy atom. The Morgan fingerprint density at radius 2 is 2.15 bits per heavy atom. The largest absolute Gasteiger partial charge is 0.469 e. The van der Waals surface area contributed by atoms with Crippen LogP contribution in [-0.2, 0) is 20.7 Å². The molecule has 0 unspecified atom stereocenters. The lowest BCUT2D eigenvalue weighted by atomic mass is 10.1. The van der Waals surface area contributed by atoms with Crippen LogP contribution in [0.25, 0.3) is 0 Å². The first-order chi connectivity index (χ1) is 9.42. The summed E-state index contributed by atoms with van der Waals surface area (Å²) in [6, 6.07) is 4.44. The predicted molar refractivity (Wildman–Crippen MR) is 76.7 cm³/mol. The Morgan fingerprint density at radius 1 is 1.45 bits per heavy atom. The van der Waals surface area contributed by atoms with E-state index in [0.29, 0.717) is 16.5 Å². The van der Waals surface area contributed by atoms with Crippen LogP contribution >= 0.6 is 15.9 Å². The third kappa shape index (κ3) is 5.69. The molecule has 20 heavy (non-hydrogen) atoms. The first kappa shape index (κ1) is 16.6.